The molecule has 19 heavy (non-hydrogen) atoms. The fourth-order valence-corrected chi connectivity index (χ4v) is 1.79. The largest absolute Gasteiger partial charge is 0.454 e. The highest BCUT2D eigenvalue weighted by atomic mass is 19.1. The molecule has 2 aromatic carbocycles. The van der Waals surface area contributed by atoms with E-state index >= 15 is 0 Å². The lowest BCUT2D eigenvalue weighted by Crippen LogP contribution is -2.07. The van der Waals surface area contributed by atoms with Gasteiger partial charge in [0.2, 0.25) is 0 Å². The van der Waals surface area contributed by atoms with Gasteiger partial charge in [-0.05, 0) is 43.7 Å². The molecule has 0 radical (unpaired) electrons. The van der Waals surface area contributed by atoms with Crippen molar-refractivity contribution in [1.29, 1.82) is 0 Å². The molecular weight excluding hydrogens is 248 g/mol. The number of hydrogen-bond acceptors (Lipinski definition) is 2. The third kappa shape index (κ3) is 2.90. The Morgan fingerprint density at radius 2 is 1.84 bits per heavy atom. The van der Waals surface area contributed by atoms with Gasteiger partial charge in [-0.3, -0.25) is 0 Å². The van der Waals surface area contributed by atoms with Crippen LogP contribution < -0.4 is 10.5 Å². The zero-order valence-corrected chi connectivity index (χ0v) is 10.8. The molecular formula is C15H15F2NO. The van der Waals surface area contributed by atoms with E-state index in [0.29, 0.717) is 16.9 Å². The number of para-hydroxylation sites is 1. The summed E-state index contributed by atoms with van der Waals surface area (Å²) >= 11 is 0. The second-order valence-corrected chi connectivity index (χ2v) is 4.46. The molecule has 0 aromatic heterocycles. The second-order valence-electron chi connectivity index (χ2n) is 4.46. The molecule has 1 atom stereocenters. The SMILES string of the molecule is Cc1cc(Oc2c(F)cccc2C(C)N)ccc1F. The third-order valence-electron chi connectivity index (χ3n) is 2.84. The number of benzene rings is 2. The summed E-state index contributed by atoms with van der Waals surface area (Å²) in [4.78, 5) is 0. The summed E-state index contributed by atoms with van der Waals surface area (Å²) in [5.41, 5.74) is 6.80. The van der Waals surface area contributed by atoms with Gasteiger partial charge in [-0.2, -0.15) is 0 Å². The first-order chi connectivity index (χ1) is 8.99. The molecule has 1 unspecified atom stereocenters. The van der Waals surface area contributed by atoms with Crippen LogP contribution in [0.2, 0.25) is 0 Å². The van der Waals surface area contributed by atoms with Crippen LogP contribution in [0.3, 0.4) is 0 Å². The highest BCUT2D eigenvalue weighted by Crippen LogP contribution is 2.32. The summed E-state index contributed by atoms with van der Waals surface area (Å²) in [5.74, 6) is -0.348. The molecule has 4 heteroatoms. The maximum Gasteiger partial charge on any atom is 0.167 e. The molecule has 0 fully saturated rings. The van der Waals surface area contributed by atoms with Crippen LogP contribution in [-0.4, -0.2) is 0 Å². The van der Waals surface area contributed by atoms with E-state index in [1.807, 2.05) is 0 Å². The maximum absolute atomic E-state index is 13.8. The number of nitrogens with two attached hydrogens (primary N) is 1. The quantitative estimate of drug-likeness (QED) is 0.905. The molecule has 0 heterocycles. The Morgan fingerprint density at radius 1 is 1.11 bits per heavy atom. The predicted molar refractivity (Wildman–Crippen MR) is 70.2 cm³/mol. The lowest BCUT2D eigenvalue weighted by Gasteiger charge is -2.14. The summed E-state index contributed by atoms with van der Waals surface area (Å²) in [6, 6.07) is 8.50. The molecule has 2 rings (SSSR count). The highest BCUT2D eigenvalue weighted by molar-refractivity contribution is 5.41. The van der Waals surface area contributed by atoms with E-state index in [-0.39, 0.29) is 17.6 Å². The molecule has 2 nitrogen and oxygen atoms in total. The number of aryl methyl sites for hydroxylation is 1. The molecule has 0 aliphatic heterocycles. The zero-order valence-electron chi connectivity index (χ0n) is 10.8. The zero-order chi connectivity index (χ0) is 14.0. The van der Waals surface area contributed by atoms with Gasteiger partial charge in [-0.25, -0.2) is 8.78 Å². The Kier molecular flexibility index (Phi) is 3.81. The van der Waals surface area contributed by atoms with Crippen molar-refractivity contribution >= 4 is 0 Å². The van der Waals surface area contributed by atoms with Crippen LogP contribution in [0, 0.1) is 18.6 Å². The Balaban J connectivity index is 2.40. The summed E-state index contributed by atoms with van der Waals surface area (Å²) in [5, 5.41) is 0. The van der Waals surface area contributed by atoms with Crippen molar-refractivity contribution < 1.29 is 13.5 Å². The smallest absolute Gasteiger partial charge is 0.167 e. The minimum absolute atomic E-state index is 0.0866. The third-order valence-corrected chi connectivity index (χ3v) is 2.84. The van der Waals surface area contributed by atoms with E-state index in [1.54, 1.807) is 26.0 Å². The Morgan fingerprint density at radius 3 is 2.47 bits per heavy atom. The van der Waals surface area contributed by atoms with Crippen LogP contribution in [0.1, 0.15) is 24.1 Å². The van der Waals surface area contributed by atoms with Gasteiger partial charge < -0.3 is 10.5 Å². The number of hydrogen-bond donors (Lipinski definition) is 1. The van der Waals surface area contributed by atoms with Crippen molar-refractivity contribution in [2.75, 3.05) is 0 Å². The van der Waals surface area contributed by atoms with Crippen LogP contribution in [0.25, 0.3) is 0 Å². The van der Waals surface area contributed by atoms with Crippen LogP contribution in [0.5, 0.6) is 11.5 Å². The number of rotatable bonds is 3. The summed E-state index contributed by atoms with van der Waals surface area (Å²) in [6.07, 6.45) is 0. The monoisotopic (exact) mass is 263 g/mol. The van der Waals surface area contributed by atoms with E-state index in [0.717, 1.165) is 0 Å². The second kappa shape index (κ2) is 5.36. The van der Waals surface area contributed by atoms with Gasteiger partial charge in [-0.1, -0.05) is 12.1 Å². The lowest BCUT2D eigenvalue weighted by atomic mass is 10.1. The van der Waals surface area contributed by atoms with Gasteiger partial charge in [0.1, 0.15) is 11.6 Å². The number of halogens is 2. The van der Waals surface area contributed by atoms with Crippen LogP contribution >= 0.6 is 0 Å². The van der Waals surface area contributed by atoms with Gasteiger partial charge >= 0.3 is 0 Å². The first-order valence-corrected chi connectivity index (χ1v) is 5.97. The average Bonchev–Trinajstić information content (AvgIpc) is 2.36. The minimum atomic E-state index is -0.489. The topological polar surface area (TPSA) is 35.2 Å². The van der Waals surface area contributed by atoms with Crippen molar-refractivity contribution in [2.24, 2.45) is 5.73 Å². The fourth-order valence-electron chi connectivity index (χ4n) is 1.79. The van der Waals surface area contributed by atoms with Crippen molar-refractivity contribution in [3.63, 3.8) is 0 Å². The summed E-state index contributed by atoms with van der Waals surface area (Å²) < 4.78 is 32.5. The number of ether oxygens (including phenoxy) is 1. The van der Waals surface area contributed by atoms with E-state index in [1.165, 1.54) is 24.3 Å². The van der Waals surface area contributed by atoms with Gasteiger partial charge in [0.25, 0.3) is 0 Å². The molecule has 100 valence electrons. The molecule has 2 aromatic rings. The molecule has 0 saturated carbocycles. The van der Waals surface area contributed by atoms with Crippen molar-refractivity contribution in [2.45, 2.75) is 19.9 Å². The van der Waals surface area contributed by atoms with Gasteiger partial charge in [0, 0.05) is 11.6 Å². The minimum Gasteiger partial charge on any atom is -0.454 e. The van der Waals surface area contributed by atoms with E-state index < -0.39 is 5.82 Å². The first-order valence-electron chi connectivity index (χ1n) is 5.97. The average molecular weight is 263 g/mol. The molecule has 0 aliphatic rings. The van der Waals surface area contributed by atoms with Crippen molar-refractivity contribution in [3.05, 3.63) is 59.2 Å². The lowest BCUT2D eigenvalue weighted by molar-refractivity contribution is 0.431. The Labute approximate surface area is 110 Å². The van der Waals surface area contributed by atoms with E-state index in [4.69, 9.17) is 10.5 Å². The summed E-state index contributed by atoms with van der Waals surface area (Å²) in [6.45, 7) is 3.37. The molecule has 0 spiro atoms. The van der Waals surface area contributed by atoms with Crippen molar-refractivity contribution in [1.82, 2.24) is 0 Å². The van der Waals surface area contributed by atoms with Gasteiger partial charge in [-0.15, -0.1) is 0 Å². The van der Waals surface area contributed by atoms with Gasteiger partial charge in [0.05, 0.1) is 0 Å². The van der Waals surface area contributed by atoms with Gasteiger partial charge in [0.15, 0.2) is 11.6 Å². The van der Waals surface area contributed by atoms with Crippen LogP contribution in [0.4, 0.5) is 8.78 Å². The fraction of sp³-hybridized carbons (Fsp3) is 0.200. The molecule has 0 aliphatic carbocycles. The maximum atomic E-state index is 13.8. The highest BCUT2D eigenvalue weighted by Gasteiger charge is 2.14. The standard InChI is InChI=1S/C15H15F2NO/c1-9-8-11(6-7-13(9)16)19-15-12(10(2)18)4-3-5-14(15)17/h3-8,10H,18H2,1-2H3. The molecule has 0 saturated heterocycles. The molecule has 2 N–H and O–H groups in total. The Hall–Kier alpha value is -1.94. The van der Waals surface area contributed by atoms with E-state index in [9.17, 15) is 8.78 Å². The summed E-state index contributed by atoms with van der Waals surface area (Å²) in [7, 11) is 0. The van der Waals surface area contributed by atoms with Crippen LogP contribution in [-0.2, 0) is 0 Å². The van der Waals surface area contributed by atoms with E-state index in [2.05, 4.69) is 0 Å². The molecule has 0 bridgehead atoms. The van der Waals surface area contributed by atoms with Crippen molar-refractivity contribution in [3.8, 4) is 11.5 Å². The van der Waals surface area contributed by atoms with Crippen LogP contribution in [0.15, 0.2) is 36.4 Å². The Bertz CT molecular complexity index is 597. The predicted octanol–water partition coefficient (Wildman–Crippen LogP) is 4.09. The molecule has 0 amide bonds. The first kappa shape index (κ1) is 13.5. The normalized spacial score (nSPS) is 12.3.